The van der Waals surface area contributed by atoms with E-state index in [0.29, 0.717) is 5.92 Å². The van der Waals surface area contributed by atoms with Crippen LogP contribution in [0, 0.1) is 5.92 Å². The first-order valence-corrected chi connectivity index (χ1v) is 7.80. The van der Waals surface area contributed by atoms with Crippen LogP contribution in [-0.2, 0) is 11.2 Å². The van der Waals surface area contributed by atoms with Gasteiger partial charge in [-0.1, -0.05) is 44.9 Å². The van der Waals surface area contributed by atoms with E-state index in [1.54, 1.807) is 7.11 Å². The van der Waals surface area contributed by atoms with E-state index in [4.69, 9.17) is 4.74 Å². The molecule has 20 heavy (non-hydrogen) atoms. The zero-order chi connectivity index (χ0) is 14.6. The van der Waals surface area contributed by atoms with Crippen LogP contribution in [0.2, 0.25) is 0 Å². The topological polar surface area (TPSA) is 26.3 Å². The molecule has 2 heteroatoms. The minimum absolute atomic E-state index is 0.171. The van der Waals surface area contributed by atoms with E-state index >= 15 is 0 Å². The van der Waals surface area contributed by atoms with Gasteiger partial charge in [-0.3, -0.25) is 4.79 Å². The largest absolute Gasteiger partial charge is 0.370 e. The van der Waals surface area contributed by atoms with Gasteiger partial charge < -0.3 is 4.74 Å². The second-order valence-electron chi connectivity index (χ2n) is 6.18. The Morgan fingerprint density at radius 3 is 2.90 bits per heavy atom. The highest BCUT2D eigenvalue weighted by Crippen LogP contribution is 2.37. The van der Waals surface area contributed by atoms with Gasteiger partial charge in [0, 0.05) is 12.7 Å². The minimum Gasteiger partial charge on any atom is -0.370 e. The molecule has 2 rings (SSSR count). The summed E-state index contributed by atoms with van der Waals surface area (Å²) >= 11 is 0. The van der Waals surface area contributed by atoms with Gasteiger partial charge in [0.2, 0.25) is 0 Å². The lowest BCUT2D eigenvalue weighted by atomic mass is 9.74. The lowest BCUT2D eigenvalue weighted by Gasteiger charge is -2.37. The molecule has 0 bridgehead atoms. The molecule has 0 aliphatic heterocycles. The van der Waals surface area contributed by atoms with E-state index in [2.05, 4.69) is 19.9 Å². The monoisotopic (exact) mass is 274 g/mol. The standard InChI is InChI=1S/C18H26O2/c1-4-7-15-9-5-10-16(12-15)17(19)18(20-3)11-6-8-14(2)13-18/h5,9-10,12,14H,4,6-8,11,13H2,1-3H3. The summed E-state index contributed by atoms with van der Waals surface area (Å²) in [6.45, 7) is 4.38. The molecular formula is C18H26O2. The van der Waals surface area contributed by atoms with Crippen LogP contribution in [0.1, 0.15) is 61.9 Å². The summed E-state index contributed by atoms with van der Waals surface area (Å²) in [6, 6.07) is 8.07. The van der Waals surface area contributed by atoms with E-state index in [9.17, 15) is 4.79 Å². The number of ether oxygens (including phenoxy) is 1. The molecule has 2 unspecified atom stereocenters. The Morgan fingerprint density at radius 2 is 2.25 bits per heavy atom. The van der Waals surface area contributed by atoms with Gasteiger partial charge in [-0.05, 0) is 43.2 Å². The number of benzene rings is 1. The number of carbonyl (C=O) groups excluding carboxylic acids is 1. The summed E-state index contributed by atoms with van der Waals surface area (Å²) in [7, 11) is 1.69. The number of Topliss-reactive ketones (excluding diaryl/α,β-unsaturated/α-hetero) is 1. The molecule has 2 atom stereocenters. The third kappa shape index (κ3) is 3.12. The molecule has 1 aliphatic rings. The highest BCUT2D eigenvalue weighted by molar-refractivity contribution is 6.02. The van der Waals surface area contributed by atoms with E-state index in [1.165, 1.54) is 12.0 Å². The lowest BCUT2D eigenvalue weighted by molar-refractivity contribution is -0.0302. The molecule has 0 radical (unpaired) electrons. The van der Waals surface area contributed by atoms with Crippen molar-refractivity contribution in [2.24, 2.45) is 5.92 Å². The first kappa shape index (κ1) is 15.2. The van der Waals surface area contributed by atoms with Crippen molar-refractivity contribution in [1.29, 1.82) is 0 Å². The predicted molar refractivity (Wildman–Crippen MR) is 82.1 cm³/mol. The summed E-state index contributed by atoms with van der Waals surface area (Å²) in [5.74, 6) is 0.732. The van der Waals surface area contributed by atoms with Crippen LogP contribution >= 0.6 is 0 Å². The first-order chi connectivity index (χ1) is 9.61. The maximum absolute atomic E-state index is 12.9. The van der Waals surface area contributed by atoms with Crippen LogP contribution in [0.15, 0.2) is 24.3 Å². The molecule has 2 nitrogen and oxygen atoms in total. The molecule has 0 aromatic heterocycles. The van der Waals surface area contributed by atoms with Gasteiger partial charge in [0.05, 0.1) is 0 Å². The molecule has 0 N–H and O–H groups in total. The fourth-order valence-corrected chi connectivity index (χ4v) is 3.41. The fraction of sp³-hybridized carbons (Fsp3) is 0.611. The molecule has 0 amide bonds. The number of hydrogen-bond acceptors (Lipinski definition) is 2. The number of hydrogen-bond donors (Lipinski definition) is 0. The van der Waals surface area contributed by atoms with E-state index < -0.39 is 5.60 Å². The van der Waals surface area contributed by atoms with Crippen molar-refractivity contribution in [3.63, 3.8) is 0 Å². The molecule has 0 heterocycles. The Morgan fingerprint density at radius 1 is 1.45 bits per heavy atom. The summed E-state index contributed by atoms with van der Waals surface area (Å²) < 4.78 is 5.72. The van der Waals surface area contributed by atoms with Crippen LogP contribution < -0.4 is 0 Å². The molecule has 1 aromatic rings. The van der Waals surface area contributed by atoms with Crippen molar-refractivity contribution in [1.82, 2.24) is 0 Å². The summed E-state index contributed by atoms with van der Waals surface area (Å²) in [6.07, 6.45) is 6.11. The summed E-state index contributed by atoms with van der Waals surface area (Å²) in [5.41, 5.74) is 1.46. The van der Waals surface area contributed by atoms with Crippen molar-refractivity contribution >= 4 is 5.78 Å². The average molecular weight is 274 g/mol. The molecule has 1 aromatic carbocycles. The maximum atomic E-state index is 12.9. The summed E-state index contributed by atoms with van der Waals surface area (Å²) in [5, 5.41) is 0. The highest BCUT2D eigenvalue weighted by atomic mass is 16.5. The van der Waals surface area contributed by atoms with Crippen LogP contribution in [0.25, 0.3) is 0 Å². The zero-order valence-corrected chi connectivity index (χ0v) is 12.9. The zero-order valence-electron chi connectivity index (χ0n) is 12.9. The first-order valence-electron chi connectivity index (χ1n) is 7.80. The molecule has 1 fully saturated rings. The Labute approximate surface area is 122 Å². The third-order valence-electron chi connectivity index (χ3n) is 4.49. The van der Waals surface area contributed by atoms with Gasteiger partial charge in [0.25, 0.3) is 0 Å². The van der Waals surface area contributed by atoms with Gasteiger partial charge in [-0.25, -0.2) is 0 Å². The fourth-order valence-electron chi connectivity index (χ4n) is 3.41. The number of ketones is 1. The van der Waals surface area contributed by atoms with Crippen molar-refractivity contribution in [3.8, 4) is 0 Å². The molecule has 0 saturated heterocycles. The van der Waals surface area contributed by atoms with Crippen molar-refractivity contribution in [3.05, 3.63) is 35.4 Å². The van der Waals surface area contributed by atoms with Crippen LogP contribution in [0.5, 0.6) is 0 Å². The van der Waals surface area contributed by atoms with Crippen LogP contribution in [0.3, 0.4) is 0 Å². The minimum atomic E-state index is -0.595. The van der Waals surface area contributed by atoms with Crippen molar-refractivity contribution < 1.29 is 9.53 Å². The molecule has 1 saturated carbocycles. The molecular weight excluding hydrogens is 248 g/mol. The average Bonchev–Trinajstić information content (AvgIpc) is 2.47. The van der Waals surface area contributed by atoms with Gasteiger partial charge in [0.1, 0.15) is 5.60 Å². The Kier molecular flexibility index (Phi) is 4.98. The van der Waals surface area contributed by atoms with Crippen LogP contribution in [0.4, 0.5) is 0 Å². The number of aryl methyl sites for hydroxylation is 1. The summed E-state index contributed by atoms with van der Waals surface area (Å²) in [4.78, 5) is 12.9. The van der Waals surface area contributed by atoms with E-state index in [0.717, 1.165) is 37.7 Å². The van der Waals surface area contributed by atoms with Gasteiger partial charge >= 0.3 is 0 Å². The lowest BCUT2D eigenvalue weighted by Crippen LogP contribution is -2.44. The molecule has 0 spiro atoms. The Balaban J connectivity index is 2.26. The normalized spacial score (nSPS) is 26.4. The van der Waals surface area contributed by atoms with Gasteiger partial charge in [-0.2, -0.15) is 0 Å². The third-order valence-corrected chi connectivity index (χ3v) is 4.49. The predicted octanol–water partition coefficient (Wildman–Crippen LogP) is 4.42. The smallest absolute Gasteiger partial charge is 0.194 e. The number of carbonyl (C=O) groups is 1. The second kappa shape index (κ2) is 6.53. The number of rotatable bonds is 5. The Bertz CT molecular complexity index is 466. The number of methoxy groups -OCH3 is 1. The molecule has 1 aliphatic carbocycles. The van der Waals surface area contributed by atoms with E-state index in [1.807, 2.05) is 18.2 Å². The maximum Gasteiger partial charge on any atom is 0.194 e. The Hall–Kier alpha value is -1.15. The van der Waals surface area contributed by atoms with Gasteiger partial charge in [0.15, 0.2) is 5.78 Å². The SMILES string of the molecule is CCCc1cccc(C(=O)C2(OC)CCCC(C)C2)c1. The van der Waals surface area contributed by atoms with E-state index in [-0.39, 0.29) is 5.78 Å². The quantitative estimate of drug-likeness (QED) is 0.743. The highest BCUT2D eigenvalue weighted by Gasteiger charge is 2.42. The van der Waals surface area contributed by atoms with Crippen LogP contribution in [-0.4, -0.2) is 18.5 Å². The molecule has 110 valence electrons. The van der Waals surface area contributed by atoms with Gasteiger partial charge in [-0.15, -0.1) is 0 Å². The second-order valence-corrected chi connectivity index (χ2v) is 6.18. The van der Waals surface area contributed by atoms with Crippen molar-refractivity contribution in [2.45, 2.75) is 58.0 Å². The van der Waals surface area contributed by atoms with Crippen molar-refractivity contribution in [2.75, 3.05) is 7.11 Å².